The Morgan fingerprint density at radius 3 is 2.55 bits per heavy atom. The molecule has 0 amide bonds. The molecule has 1 unspecified atom stereocenters. The first-order valence-electron chi connectivity index (χ1n) is 9.82. The van der Waals surface area contributed by atoms with E-state index in [0.717, 1.165) is 29.7 Å². The van der Waals surface area contributed by atoms with Crippen molar-refractivity contribution in [1.82, 2.24) is 0 Å². The second-order valence-corrected chi connectivity index (χ2v) is 7.93. The van der Waals surface area contributed by atoms with E-state index in [2.05, 4.69) is 4.99 Å². The van der Waals surface area contributed by atoms with Crippen molar-refractivity contribution in [2.24, 2.45) is 10.9 Å². The fourth-order valence-electron chi connectivity index (χ4n) is 4.16. The highest BCUT2D eigenvalue weighted by molar-refractivity contribution is 6.30. The Morgan fingerprint density at radius 2 is 1.83 bits per heavy atom. The van der Waals surface area contributed by atoms with Crippen LogP contribution in [0.1, 0.15) is 43.2 Å². The molecule has 2 aromatic rings. The van der Waals surface area contributed by atoms with Crippen LogP contribution >= 0.6 is 11.6 Å². The van der Waals surface area contributed by atoms with Gasteiger partial charge in [0.1, 0.15) is 12.5 Å². The van der Waals surface area contributed by atoms with E-state index in [9.17, 15) is 9.59 Å². The summed E-state index contributed by atoms with van der Waals surface area (Å²) < 4.78 is 5.65. The minimum absolute atomic E-state index is 0.0725. The van der Waals surface area contributed by atoms with Gasteiger partial charge >= 0.3 is 5.97 Å². The first-order valence-corrected chi connectivity index (χ1v) is 10.2. The summed E-state index contributed by atoms with van der Waals surface area (Å²) in [5.41, 5.74) is 3.96. The van der Waals surface area contributed by atoms with E-state index >= 15 is 0 Å². The summed E-state index contributed by atoms with van der Waals surface area (Å²) in [6.07, 6.45) is 2.04. The number of halogens is 1. The maximum atomic E-state index is 13.2. The molecule has 0 saturated heterocycles. The molecule has 2 atom stereocenters. The minimum atomic E-state index is -0.624. The zero-order chi connectivity index (χ0) is 20.4. The number of nitrogens with zero attached hydrogens (tertiary/aromatic N) is 1. The first-order chi connectivity index (χ1) is 14.0. The summed E-state index contributed by atoms with van der Waals surface area (Å²) in [6, 6.07) is 16.9. The number of benzene rings is 2. The monoisotopic (exact) mass is 407 g/mol. The van der Waals surface area contributed by atoms with Crippen LogP contribution in [-0.2, 0) is 20.9 Å². The molecule has 2 aliphatic rings. The SMILES string of the molecule is CC1=NC2=C(C(=O)CCC2)[C@@H](c2ccc(Cl)cc2)C1C(=O)OCc1ccccc1. The summed E-state index contributed by atoms with van der Waals surface area (Å²) in [5, 5.41) is 0.613. The molecule has 0 spiro atoms. The lowest BCUT2D eigenvalue weighted by atomic mass is 9.72. The first kappa shape index (κ1) is 19.6. The number of carbonyl (C=O) groups is 2. The lowest BCUT2D eigenvalue weighted by Gasteiger charge is -2.34. The third-order valence-corrected chi connectivity index (χ3v) is 5.79. The summed E-state index contributed by atoms with van der Waals surface area (Å²) in [6.45, 7) is 2.04. The fraction of sp³-hybridized carbons (Fsp3) is 0.292. The molecule has 5 heteroatoms. The predicted octanol–water partition coefficient (Wildman–Crippen LogP) is 5.26. The summed E-state index contributed by atoms with van der Waals surface area (Å²) >= 11 is 6.07. The lowest BCUT2D eigenvalue weighted by Crippen LogP contribution is -2.37. The van der Waals surface area contributed by atoms with Gasteiger partial charge in [0.2, 0.25) is 0 Å². The van der Waals surface area contributed by atoms with Crippen molar-refractivity contribution in [1.29, 1.82) is 0 Å². The Bertz CT molecular complexity index is 993. The van der Waals surface area contributed by atoms with Crippen molar-refractivity contribution in [3.63, 3.8) is 0 Å². The Morgan fingerprint density at radius 1 is 1.10 bits per heavy atom. The van der Waals surface area contributed by atoms with Crippen LogP contribution in [0.3, 0.4) is 0 Å². The maximum absolute atomic E-state index is 13.2. The minimum Gasteiger partial charge on any atom is -0.460 e. The van der Waals surface area contributed by atoms with Gasteiger partial charge in [-0.1, -0.05) is 54.1 Å². The quantitative estimate of drug-likeness (QED) is 0.649. The van der Waals surface area contributed by atoms with Gasteiger partial charge in [-0.15, -0.1) is 0 Å². The van der Waals surface area contributed by atoms with E-state index in [0.29, 0.717) is 22.7 Å². The van der Waals surface area contributed by atoms with E-state index in [1.54, 1.807) is 12.1 Å². The number of hydrogen-bond donors (Lipinski definition) is 0. The second-order valence-electron chi connectivity index (χ2n) is 7.49. The van der Waals surface area contributed by atoms with Crippen LogP contribution in [0, 0.1) is 5.92 Å². The van der Waals surface area contributed by atoms with Crippen LogP contribution in [0.5, 0.6) is 0 Å². The Labute approximate surface area is 175 Å². The maximum Gasteiger partial charge on any atom is 0.315 e. The van der Waals surface area contributed by atoms with E-state index in [1.807, 2.05) is 49.4 Å². The van der Waals surface area contributed by atoms with Crippen molar-refractivity contribution < 1.29 is 14.3 Å². The standard InChI is InChI=1S/C24H22ClNO3/c1-15-21(24(28)29-14-16-6-3-2-4-7-16)22(17-10-12-18(25)13-11-17)23-19(26-15)8-5-9-20(23)27/h2-4,6-7,10-13,21-22H,5,8-9,14H2,1H3/t21?,22-/m0/s1. The number of carbonyl (C=O) groups excluding carboxylic acids is 2. The van der Waals surface area contributed by atoms with Crippen LogP contribution in [0.4, 0.5) is 0 Å². The third-order valence-electron chi connectivity index (χ3n) is 5.54. The number of ketones is 1. The molecule has 4 nitrogen and oxygen atoms in total. The van der Waals surface area contributed by atoms with E-state index < -0.39 is 11.8 Å². The predicted molar refractivity (Wildman–Crippen MR) is 113 cm³/mol. The summed E-state index contributed by atoms with van der Waals surface area (Å²) in [4.78, 5) is 30.6. The van der Waals surface area contributed by atoms with Crippen LogP contribution in [0.15, 0.2) is 70.9 Å². The highest BCUT2D eigenvalue weighted by Crippen LogP contribution is 2.43. The van der Waals surface area contributed by atoms with Gasteiger partial charge in [0.15, 0.2) is 5.78 Å². The van der Waals surface area contributed by atoms with Crippen LogP contribution in [0.2, 0.25) is 5.02 Å². The molecule has 148 valence electrons. The van der Waals surface area contributed by atoms with Gasteiger partial charge in [-0.3, -0.25) is 14.6 Å². The largest absolute Gasteiger partial charge is 0.460 e. The van der Waals surface area contributed by atoms with Crippen molar-refractivity contribution in [3.05, 3.63) is 82.0 Å². The molecule has 1 heterocycles. The molecule has 0 fully saturated rings. The molecule has 2 aromatic carbocycles. The molecule has 1 aliphatic heterocycles. The number of ether oxygens (including phenoxy) is 1. The number of rotatable bonds is 4. The molecule has 0 N–H and O–H groups in total. The number of esters is 1. The van der Waals surface area contributed by atoms with Crippen molar-refractivity contribution in [2.45, 2.75) is 38.7 Å². The Kier molecular flexibility index (Phi) is 5.63. The number of Topliss-reactive ketones (excluding diaryl/α,β-unsaturated/α-hetero) is 1. The van der Waals surface area contributed by atoms with E-state index in [-0.39, 0.29) is 18.4 Å². The van der Waals surface area contributed by atoms with E-state index in [4.69, 9.17) is 16.3 Å². The molecular formula is C24H22ClNO3. The number of aliphatic imine (C=N–C) groups is 1. The molecule has 0 radical (unpaired) electrons. The van der Waals surface area contributed by atoms with Crippen LogP contribution in [-0.4, -0.2) is 17.5 Å². The number of allylic oxidation sites excluding steroid dienone is 2. The van der Waals surface area contributed by atoms with Crippen molar-refractivity contribution in [2.75, 3.05) is 0 Å². The average Bonchev–Trinajstić information content (AvgIpc) is 2.72. The van der Waals surface area contributed by atoms with Gasteiger partial charge in [0.05, 0.1) is 0 Å². The molecule has 1 aliphatic carbocycles. The van der Waals surface area contributed by atoms with Gasteiger partial charge in [0.25, 0.3) is 0 Å². The van der Waals surface area contributed by atoms with Gasteiger partial charge in [0, 0.05) is 34.3 Å². The van der Waals surface area contributed by atoms with E-state index in [1.165, 1.54) is 0 Å². The van der Waals surface area contributed by atoms with Crippen LogP contribution in [0.25, 0.3) is 0 Å². The Balaban J connectivity index is 1.69. The van der Waals surface area contributed by atoms with Crippen LogP contribution < -0.4 is 0 Å². The highest BCUT2D eigenvalue weighted by atomic mass is 35.5. The van der Waals surface area contributed by atoms with Crippen molar-refractivity contribution in [3.8, 4) is 0 Å². The molecular weight excluding hydrogens is 386 g/mol. The topological polar surface area (TPSA) is 55.7 Å². The smallest absolute Gasteiger partial charge is 0.315 e. The normalized spacial score (nSPS) is 21.4. The Hall–Kier alpha value is -2.72. The fourth-order valence-corrected chi connectivity index (χ4v) is 4.29. The van der Waals surface area contributed by atoms with Gasteiger partial charge < -0.3 is 4.74 Å². The highest BCUT2D eigenvalue weighted by Gasteiger charge is 2.43. The van der Waals surface area contributed by atoms with Gasteiger partial charge in [-0.25, -0.2) is 0 Å². The lowest BCUT2D eigenvalue weighted by molar-refractivity contribution is -0.148. The molecule has 0 saturated carbocycles. The summed E-state index contributed by atoms with van der Waals surface area (Å²) in [5.74, 6) is -1.31. The average molecular weight is 408 g/mol. The molecule has 0 aromatic heterocycles. The van der Waals surface area contributed by atoms with Crippen molar-refractivity contribution >= 4 is 29.1 Å². The molecule has 29 heavy (non-hydrogen) atoms. The zero-order valence-electron chi connectivity index (χ0n) is 16.2. The van der Waals surface area contributed by atoms with Gasteiger partial charge in [-0.05, 0) is 43.0 Å². The van der Waals surface area contributed by atoms with Gasteiger partial charge in [-0.2, -0.15) is 0 Å². The third kappa shape index (κ3) is 4.03. The molecule has 0 bridgehead atoms. The zero-order valence-corrected chi connectivity index (χ0v) is 17.0. The second kappa shape index (κ2) is 8.34. The molecule has 4 rings (SSSR count). The summed E-state index contributed by atoms with van der Waals surface area (Å²) in [7, 11) is 0. The number of hydrogen-bond acceptors (Lipinski definition) is 4.